The van der Waals surface area contributed by atoms with Crippen molar-refractivity contribution in [3.8, 4) is 0 Å². The molecule has 116 valence electrons. The van der Waals surface area contributed by atoms with Crippen LogP contribution in [0.25, 0.3) is 0 Å². The van der Waals surface area contributed by atoms with Gasteiger partial charge in [0.25, 0.3) is 0 Å². The first kappa shape index (κ1) is 17.0. The molecule has 1 aliphatic rings. The predicted octanol–water partition coefficient (Wildman–Crippen LogP) is 2.62. The predicted molar refractivity (Wildman–Crippen MR) is 79.0 cm³/mol. The van der Waals surface area contributed by atoms with Gasteiger partial charge in [-0.15, -0.1) is 0 Å². The van der Waals surface area contributed by atoms with E-state index in [4.69, 9.17) is 4.74 Å². The standard InChI is InChI=1S/C16H29NO3/c1-10(2)12-7-6-11(3)8-13(12)14(16(19)17-4)9-15(18)20-5/h10-14H,6-9H2,1-5H3,(H,17,19). The molecule has 4 nitrogen and oxygen atoms in total. The van der Waals surface area contributed by atoms with E-state index in [-0.39, 0.29) is 30.1 Å². The quantitative estimate of drug-likeness (QED) is 0.789. The number of esters is 1. The summed E-state index contributed by atoms with van der Waals surface area (Å²) < 4.78 is 4.77. The van der Waals surface area contributed by atoms with Crippen molar-refractivity contribution >= 4 is 11.9 Å². The summed E-state index contributed by atoms with van der Waals surface area (Å²) in [5.74, 6) is 1.37. The topological polar surface area (TPSA) is 55.4 Å². The molecular formula is C16H29NO3. The van der Waals surface area contributed by atoms with Crippen LogP contribution in [0.15, 0.2) is 0 Å². The van der Waals surface area contributed by atoms with E-state index in [1.807, 2.05) is 0 Å². The van der Waals surface area contributed by atoms with Crippen molar-refractivity contribution < 1.29 is 14.3 Å². The van der Waals surface area contributed by atoms with Crippen LogP contribution < -0.4 is 5.32 Å². The van der Waals surface area contributed by atoms with Crippen molar-refractivity contribution in [2.45, 2.75) is 46.5 Å². The van der Waals surface area contributed by atoms with E-state index >= 15 is 0 Å². The molecule has 0 aromatic rings. The monoisotopic (exact) mass is 283 g/mol. The minimum atomic E-state index is -0.292. The first-order chi connectivity index (χ1) is 9.40. The number of rotatable bonds is 5. The van der Waals surface area contributed by atoms with Crippen molar-refractivity contribution in [2.75, 3.05) is 14.2 Å². The molecule has 1 fully saturated rings. The van der Waals surface area contributed by atoms with Crippen molar-refractivity contribution in [1.29, 1.82) is 0 Å². The summed E-state index contributed by atoms with van der Waals surface area (Å²) in [5.41, 5.74) is 0. The maximum atomic E-state index is 12.2. The highest BCUT2D eigenvalue weighted by Crippen LogP contribution is 2.43. The second-order valence-electron chi connectivity index (χ2n) is 6.49. The molecule has 4 unspecified atom stereocenters. The van der Waals surface area contributed by atoms with Gasteiger partial charge < -0.3 is 10.1 Å². The molecule has 1 saturated carbocycles. The summed E-state index contributed by atoms with van der Waals surface area (Å²) in [5, 5.41) is 2.72. The lowest BCUT2D eigenvalue weighted by Gasteiger charge is -2.40. The van der Waals surface area contributed by atoms with Crippen molar-refractivity contribution in [3.63, 3.8) is 0 Å². The minimum absolute atomic E-state index is 0.0276. The van der Waals surface area contributed by atoms with Crippen LogP contribution in [0.5, 0.6) is 0 Å². The Balaban J connectivity index is 2.94. The Labute approximate surface area is 122 Å². The lowest BCUT2D eigenvalue weighted by atomic mass is 9.64. The van der Waals surface area contributed by atoms with E-state index in [0.717, 1.165) is 12.8 Å². The zero-order valence-corrected chi connectivity index (χ0v) is 13.4. The number of carbonyl (C=O) groups is 2. The van der Waals surface area contributed by atoms with Gasteiger partial charge in [0, 0.05) is 7.05 Å². The Hall–Kier alpha value is -1.06. The lowest BCUT2D eigenvalue weighted by Crippen LogP contribution is -2.41. The zero-order chi connectivity index (χ0) is 15.3. The SMILES string of the molecule is CNC(=O)C(CC(=O)OC)C1CC(C)CCC1C(C)C. The smallest absolute Gasteiger partial charge is 0.306 e. The van der Waals surface area contributed by atoms with Gasteiger partial charge in [-0.05, 0) is 36.5 Å². The van der Waals surface area contributed by atoms with E-state index in [9.17, 15) is 9.59 Å². The lowest BCUT2D eigenvalue weighted by molar-refractivity contribution is -0.146. The molecule has 0 radical (unpaired) electrons. The van der Waals surface area contributed by atoms with E-state index in [2.05, 4.69) is 26.1 Å². The Kier molecular flexibility index (Phi) is 6.50. The maximum Gasteiger partial charge on any atom is 0.306 e. The van der Waals surface area contributed by atoms with Crippen LogP contribution in [-0.4, -0.2) is 26.0 Å². The molecule has 1 N–H and O–H groups in total. The van der Waals surface area contributed by atoms with Crippen molar-refractivity contribution in [2.24, 2.45) is 29.6 Å². The van der Waals surface area contributed by atoms with Gasteiger partial charge in [-0.3, -0.25) is 9.59 Å². The number of ether oxygens (including phenoxy) is 1. The molecule has 4 atom stereocenters. The zero-order valence-electron chi connectivity index (χ0n) is 13.4. The van der Waals surface area contributed by atoms with Crippen LogP contribution in [0.3, 0.4) is 0 Å². The Morgan fingerprint density at radius 1 is 1.25 bits per heavy atom. The van der Waals surface area contributed by atoms with E-state index in [1.54, 1.807) is 7.05 Å². The third-order valence-corrected chi connectivity index (χ3v) is 4.79. The van der Waals surface area contributed by atoms with Gasteiger partial charge >= 0.3 is 5.97 Å². The van der Waals surface area contributed by atoms with Crippen molar-refractivity contribution in [3.05, 3.63) is 0 Å². The van der Waals surface area contributed by atoms with Crippen LogP contribution in [0.1, 0.15) is 46.5 Å². The van der Waals surface area contributed by atoms with Crippen LogP contribution >= 0.6 is 0 Å². The maximum absolute atomic E-state index is 12.2. The largest absolute Gasteiger partial charge is 0.469 e. The van der Waals surface area contributed by atoms with E-state index in [0.29, 0.717) is 17.8 Å². The fraction of sp³-hybridized carbons (Fsp3) is 0.875. The molecule has 1 rings (SSSR count). The highest BCUT2D eigenvalue weighted by atomic mass is 16.5. The number of amides is 1. The van der Waals surface area contributed by atoms with Crippen LogP contribution in [-0.2, 0) is 14.3 Å². The van der Waals surface area contributed by atoms with Crippen LogP contribution in [0.4, 0.5) is 0 Å². The summed E-state index contributed by atoms with van der Waals surface area (Å²) in [6.07, 6.45) is 3.59. The molecule has 20 heavy (non-hydrogen) atoms. The highest BCUT2D eigenvalue weighted by Gasteiger charge is 2.39. The van der Waals surface area contributed by atoms with Gasteiger partial charge in [0.1, 0.15) is 0 Å². The van der Waals surface area contributed by atoms with Gasteiger partial charge in [0.2, 0.25) is 5.91 Å². The molecule has 0 heterocycles. The Morgan fingerprint density at radius 3 is 2.40 bits per heavy atom. The molecular weight excluding hydrogens is 254 g/mol. The molecule has 0 aromatic carbocycles. The van der Waals surface area contributed by atoms with E-state index in [1.165, 1.54) is 13.5 Å². The summed E-state index contributed by atoms with van der Waals surface area (Å²) in [7, 11) is 3.02. The third-order valence-electron chi connectivity index (χ3n) is 4.79. The van der Waals surface area contributed by atoms with Crippen molar-refractivity contribution in [1.82, 2.24) is 5.32 Å². The molecule has 0 aromatic heterocycles. The molecule has 1 amide bonds. The summed E-state index contributed by atoms with van der Waals surface area (Å²) in [6.45, 7) is 6.67. The third kappa shape index (κ3) is 4.22. The number of hydrogen-bond donors (Lipinski definition) is 1. The van der Waals surface area contributed by atoms with Gasteiger partial charge in [0.05, 0.1) is 19.4 Å². The first-order valence-electron chi connectivity index (χ1n) is 7.69. The molecule has 4 heteroatoms. The van der Waals surface area contributed by atoms with Gasteiger partial charge in [-0.25, -0.2) is 0 Å². The molecule has 0 aliphatic heterocycles. The molecule has 1 aliphatic carbocycles. The summed E-state index contributed by atoms with van der Waals surface area (Å²) >= 11 is 0. The van der Waals surface area contributed by atoms with E-state index < -0.39 is 0 Å². The van der Waals surface area contributed by atoms with Crippen LogP contribution in [0.2, 0.25) is 0 Å². The minimum Gasteiger partial charge on any atom is -0.469 e. The van der Waals surface area contributed by atoms with Gasteiger partial charge in [-0.1, -0.05) is 27.2 Å². The summed E-state index contributed by atoms with van der Waals surface area (Å²) in [4.78, 5) is 23.9. The number of nitrogens with one attached hydrogen (secondary N) is 1. The second kappa shape index (κ2) is 7.65. The molecule has 0 bridgehead atoms. The fourth-order valence-electron chi connectivity index (χ4n) is 3.63. The average molecular weight is 283 g/mol. The number of hydrogen-bond acceptors (Lipinski definition) is 3. The molecule has 0 spiro atoms. The Bertz CT molecular complexity index is 341. The van der Waals surface area contributed by atoms with Gasteiger partial charge in [-0.2, -0.15) is 0 Å². The van der Waals surface area contributed by atoms with Crippen LogP contribution in [0, 0.1) is 29.6 Å². The Morgan fingerprint density at radius 2 is 1.90 bits per heavy atom. The summed E-state index contributed by atoms with van der Waals surface area (Å²) in [6, 6.07) is 0. The number of carbonyl (C=O) groups excluding carboxylic acids is 2. The average Bonchev–Trinajstić information content (AvgIpc) is 2.43. The first-order valence-corrected chi connectivity index (χ1v) is 7.69. The van der Waals surface area contributed by atoms with Gasteiger partial charge in [0.15, 0.2) is 0 Å². The highest BCUT2D eigenvalue weighted by molar-refractivity contribution is 5.83. The fourth-order valence-corrected chi connectivity index (χ4v) is 3.63. The second-order valence-corrected chi connectivity index (χ2v) is 6.49. The normalized spacial score (nSPS) is 28.0. The number of methoxy groups -OCH3 is 1. The molecule has 0 saturated heterocycles.